The van der Waals surface area contributed by atoms with Crippen molar-refractivity contribution >= 4 is 27.1 Å². The topological polar surface area (TPSA) is 114 Å². The van der Waals surface area contributed by atoms with Crippen LogP contribution in [0.5, 0.6) is 11.5 Å². The molecule has 3 aromatic rings. The number of para-hydroxylation sites is 1. The predicted molar refractivity (Wildman–Crippen MR) is 122 cm³/mol. The fourth-order valence-corrected chi connectivity index (χ4v) is 4.88. The normalized spacial score (nSPS) is 11.1. The van der Waals surface area contributed by atoms with Gasteiger partial charge in [0.1, 0.15) is 16.4 Å². The first-order valence-corrected chi connectivity index (χ1v) is 11.4. The van der Waals surface area contributed by atoms with Crippen LogP contribution in [-0.4, -0.2) is 50.6 Å². The molecule has 1 heterocycles. The number of sulfonamides is 1. The summed E-state index contributed by atoms with van der Waals surface area (Å²) in [6.45, 7) is 3.55. The summed E-state index contributed by atoms with van der Waals surface area (Å²) in [7, 11) is -2.69. The number of methoxy groups -OCH3 is 1. The van der Waals surface area contributed by atoms with Crippen LogP contribution in [0.4, 0.5) is 17.1 Å². The quantitative estimate of drug-likeness (QED) is 0.476. The van der Waals surface area contributed by atoms with E-state index in [1.54, 1.807) is 30.3 Å². The number of aliphatic hydroxyl groups is 1. The molecule has 0 spiro atoms. The number of hydrogen-bond acceptors (Lipinski definition) is 8. The molecule has 0 radical (unpaired) electrons. The molecule has 0 bridgehead atoms. The highest BCUT2D eigenvalue weighted by Gasteiger charge is 2.30. The number of aromatic nitrogens is 2. The van der Waals surface area contributed by atoms with Crippen molar-refractivity contribution in [3.8, 4) is 11.5 Å². The molecule has 1 aromatic heterocycles. The number of rotatable bonds is 10. The van der Waals surface area contributed by atoms with Crippen LogP contribution < -0.4 is 19.1 Å². The average Bonchev–Trinajstić information content (AvgIpc) is 2.80. The summed E-state index contributed by atoms with van der Waals surface area (Å²) in [5, 5.41) is 20.6. The highest BCUT2D eigenvalue weighted by Crippen LogP contribution is 2.39. The number of aryl methyl sites for hydroxylation is 1. The number of hydrogen-bond donors (Lipinski definition) is 2. The number of aliphatic hydroxyl groups excluding tert-OH is 1. The minimum atomic E-state index is -4.10. The van der Waals surface area contributed by atoms with Gasteiger partial charge < -0.3 is 19.9 Å². The molecule has 0 atom stereocenters. The van der Waals surface area contributed by atoms with Gasteiger partial charge in [-0.3, -0.25) is 4.31 Å². The van der Waals surface area contributed by atoms with Crippen LogP contribution in [-0.2, 0) is 10.0 Å². The number of ether oxygens (including phenoxy) is 2. The lowest BCUT2D eigenvalue weighted by Crippen LogP contribution is -2.34. The maximum atomic E-state index is 13.7. The van der Waals surface area contributed by atoms with Gasteiger partial charge in [0.2, 0.25) is 0 Å². The van der Waals surface area contributed by atoms with Crippen molar-refractivity contribution < 1.29 is 23.0 Å². The van der Waals surface area contributed by atoms with E-state index in [0.29, 0.717) is 29.4 Å². The zero-order valence-corrected chi connectivity index (χ0v) is 19.0. The van der Waals surface area contributed by atoms with Crippen molar-refractivity contribution in [1.82, 2.24) is 10.2 Å². The van der Waals surface area contributed by atoms with Crippen molar-refractivity contribution in [2.24, 2.45) is 0 Å². The lowest BCUT2D eigenvalue weighted by molar-refractivity contribution is 0.306. The molecule has 9 nitrogen and oxygen atoms in total. The first kappa shape index (κ1) is 23.3. The third-order valence-corrected chi connectivity index (χ3v) is 6.51. The standard InChI is InChI=1S/C22H26N4O5S/c1-4-31-18-13-16(2)22(25-17-9-10-23-24-15-17)19(14-18)26(11-12-27)32(28,29)21-8-6-5-7-20(21)30-3/h5-10,13-15,27H,4,11-12H2,1-3H3,(H,23,25). The summed E-state index contributed by atoms with van der Waals surface area (Å²) < 4.78 is 39.6. The molecule has 3 rings (SSSR count). The van der Waals surface area contributed by atoms with Gasteiger partial charge in [-0.2, -0.15) is 10.2 Å². The molecule has 0 saturated heterocycles. The Morgan fingerprint density at radius 3 is 2.59 bits per heavy atom. The number of benzene rings is 2. The molecular weight excluding hydrogens is 432 g/mol. The smallest absolute Gasteiger partial charge is 0.268 e. The van der Waals surface area contributed by atoms with Crippen molar-refractivity contribution in [3.05, 3.63) is 60.4 Å². The Hall–Kier alpha value is -3.37. The van der Waals surface area contributed by atoms with Gasteiger partial charge in [0.15, 0.2) is 0 Å². The lowest BCUT2D eigenvalue weighted by atomic mass is 10.1. The van der Waals surface area contributed by atoms with Crippen molar-refractivity contribution in [2.75, 3.05) is 36.5 Å². The summed E-state index contributed by atoms with van der Waals surface area (Å²) in [5.41, 5.74) is 2.24. The lowest BCUT2D eigenvalue weighted by Gasteiger charge is -2.28. The van der Waals surface area contributed by atoms with Gasteiger partial charge in [0.05, 0.1) is 56.3 Å². The van der Waals surface area contributed by atoms with Crippen molar-refractivity contribution in [2.45, 2.75) is 18.7 Å². The first-order chi connectivity index (χ1) is 15.4. The van der Waals surface area contributed by atoms with Gasteiger partial charge >= 0.3 is 0 Å². The maximum Gasteiger partial charge on any atom is 0.268 e. The second kappa shape index (κ2) is 10.3. The van der Waals surface area contributed by atoms with Crippen molar-refractivity contribution in [3.63, 3.8) is 0 Å². The van der Waals surface area contributed by atoms with E-state index in [9.17, 15) is 13.5 Å². The molecule has 0 fully saturated rings. The second-order valence-corrected chi connectivity index (χ2v) is 8.61. The Labute approximate surface area is 187 Å². The number of nitrogens with one attached hydrogen (secondary N) is 1. The highest BCUT2D eigenvalue weighted by atomic mass is 32.2. The van der Waals surface area contributed by atoms with E-state index >= 15 is 0 Å². The van der Waals surface area contributed by atoms with Crippen molar-refractivity contribution in [1.29, 1.82) is 0 Å². The van der Waals surface area contributed by atoms with Gasteiger partial charge in [-0.15, -0.1) is 0 Å². The fraction of sp³-hybridized carbons (Fsp3) is 0.273. The first-order valence-electron chi connectivity index (χ1n) is 10.00. The third kappa shape index (κ3) is 4.92. The van der Waals surface area contributed by atoms with Gasteiger partial charge in [-0.1, -0.05) is 12.1 Å². The van der Waals surface area contributed by atoms with Gasteiger partial charge in [-0.05, 0) is 43.7 Å². The molecule has 2 N–H and O–H groups in total. The second-order valence-electron chi connectivity index (χ2n) is 6.78. The van der Waals surface area contributed by atoms with Crippen LogP contribution in [0.3, 0.4) is 0 Å². The summed E-state index contributed by atoms with van der Waals surface area (Å²) in [6.07, 6.45) is 3.06. The van der Waals surface area contributed by atoms with Crippen LogP contribution in [0.15, 0.2) is 59.8 Å². The Morgan fingerprint density at radius 1 is 1.16 bits per heavy atom. The molecule has 0 unspecified atom stereocenters. The maximum absolute atomic E-state index is 13.7. The highest BCUT2D eigenvalue weighted by molar-refractivity contribution is 7.93. The molecule has 0 saturated carbocycles. The van der Waals surface area contributed by atoms with E-state index in [-0.39, 0.29) is 23.8 Å². The Bertz CT molecular complexity index is 1160. The predicted octanol–water partition coefficient (Wildman–Crippen LogP) is 3.12. The summed E-state index contributed by atoms with van der Waals surface area (Å²) in [6, 6.07) is 11.5. The molecule has 170 valence electrons. The van der Waals surface area contributed by atoms with E-state index in [1.807, 2.05) is 19.9 Å². The largest absolute Gasteiger partial charge is 0.495 e. The molecule has 2 aromatic carbocycles. The van der Waals surface area contributed by atoms with E-state index in [1.165, 1.54) is 25.6 Å². The van der Waals surface area contributed by atoms with Crippen LogP contribution in [0, 0.1) is 6.92 Å². The summed E-state index contributed by atoms with van der Waals surface area (Å²) >= 11 is 0. The Morgan fingerprint density at radius 2 is 1.94 bits per heavy atom. The minimum absolute atomic E-state index is 0.00746. The van der Waals surface area contributed by atoms with Crippen LogP contribution >= 0.6 is 0 Å². The molecule has 0 amide bonds. The molecule has 0 aliphatic carbocycles. The van der Waals surface area contributed by atoms with Gasteiger partial charge in [0.25, 0.3) is 10.0 Å². The summed E-state index contributed by atoms with van der Waals surface area (Å²) in [4.78, 5) is -0.00746. The monoisotopic (exact) mass is 458 g/mol. The number of nitrogens with zero attached hydrogens (tertiary/aromatic N) is 3. The molecular formula is C22H26N4O5S. The van der Waals surface area contributed by atoms with Gasteiger partial charge in [-0.25, -0.2) is 8.42 Å². The van der Waals surface area contributed by atoms with Crippen LogP contribution in [0.1, 0.15) is 12.5 Å². The third-order valence-electron chi connectivity index (χ3n) is 4.66. The zero-order valence-electron chi connectivity index (χ0n) is 18.1. The molecule has 32 heavy (non-hydrogen) atoms. The minimum Gasteiger partial charge on any atom is -0.495 e. The Kier molecular flexibility index (Phi) is 7.49. The SMILES string of the molecule is CCOc1cc(C)c(Nc2ccnnc2)c(N(CCO)S(=O)(=O)c2ccccc2OC)c1. The summed E-state index contributed by atoms with van der Waals surface area (Å²) in [5.74, 6) is 0.720. The molecule has 0 aliphatic rings. The Balaban J connectivity index is 2.21. The average molecular weight is 459 g/mol. The van der Waals surface area contributed by atoms with Crippen LogP contribution in [0.25, 0.3) is 0 Å². The number of anilines is 3. The van der Waals surface area contributed by atoms with E-state index in [4.69, 9.17) is 9.47 Å². The molecule has 0 aliphatic heterocycles. The zero-order chi connectivity index (χ0) is 23.1. The van der Waals surface area contributed by atoms with E-state index in [0.717, 1.165) is 9.87 Å². The van der Waals surface area contributed by atoms with E-state index in [2.05, 4.69) is 15.5 Å². The van der Waals surface area contributed by atoms with Gasteiger partial charge in [0, 0.05) is 6.07 Å². The van der Waals surface area contributed by atoms with E-state index < -0.39 is 10.0 Å². The molecule has 10 heteroatoms. The fourth-order valence-electron chi connectivity index (χ4n) is 3.27. The van der Waals surface area contributed by atoms with Crippen LogP contribution in [0.2, 0.25) is 0 Å².